The molecule has 0 aliphatic heterocycles. The summed E-state index contributed by atoms with van der Waals surface area (Å²) < 4.78 is 30.7. The van der Waals surface area contributed by atoms with Crippen LogP contribution in [0.1, 0.15) is 82.8 Å². The van der Waals surface area contributed by atoms with Gasteiger partial charge in [0, 0.05) is 0 Å². The van der Waals surface area contributed by atoms with Gasteiger partial charge in [0.1, 0.15) is 5.75 Å². The van der Waals surface area contributed by atoms with Gasteiger partial charge in [-0.3, -0.25) is 0 Å². The summed E-state index contributed by atoms with van der Waals surface area (Å²) in [4.78, 5) is 0.414. The molecule has 0 atom stereocenters. The van der Waals surface area contributed by atoms with E-state index in [9.17, 15) is 8.42 Å². The molecule has 0 heterocycles. The highest BCUT2D eigenvalue weighted by molar-refractivity contribution is 7.91. The Morgan fingerprint density at radius 1 is 0.677 bits per heavy atom. The lowest BCUT2D eigenvalue weighted by molar-refractivity contribution is 0.304. The van der Waals surface area contributed by atoms with Crippen molar-refractivity contribution in [1.82, 2.24) is 0 Å². The fourth-order valence-corrected chi connectivity index (χ4v) is 4.76. The molecule has 2 rings (SSSR count). The van der Waals surface area contributed by atoms with Crippen molar-refractivity contribution in [3.63, 3.8) is 0 Å². The molecular weight excluding hydrogens is 404 g/mol. The minimum atomic E-state index is -3.18. The minimum absolute atomic E-state index is 0.231. The Kier molecular flexibility index (Phi) is 11.4. The molecule has 0 aliphatic rings. The highest BCUT2D eigenvalue weighted by Gasteiger charge is 2.13. The largest absolute Gasteiger partial charge is 0.494 e. The number of hydrogen-bond acceptors (Lipinski definition) is 3. The molecule has 0 amide bonds. The Bertz CT molecular complexity index is 866. The van der Waals surface area contributed by atoms with Crippen LogP contribution < -0.4 is 4.74 Å². The first-order valence-corrected chi connectivity index (χ1v) is 13.4. The number of benzene rings is 2. The second-order valence-electron chi connectivity index (χ2n) is 8.11. The maximum absolute atomic E-state index is 12.4. The van der Waals surface area contributed by atoms with Gasteiger partial charge in [-0.25, -0.2) is 8.42 Å². The summed E-state index contributed by atoms with van der Waals surface area (Å²) >= 11 is 0. The summed E-state index contributed by atoms with van der Waals surface area (Å²) in [6, 6.07) is 15.2. The SMILES string of the molecule is CCCCCCCOc1ccc(/C=C/c2ccc(S(=O)(=O)CCCCCC)cc2)cc1. The molecule has 4 heteroatoms. The van der Waals surface area contributed by atoms with Gasteiger partial charge in [0.2, 0.25) is 0 Å². The Morgan fingerprint density at radius 3 is 1.77 bits per heavy atom. The molecule has 2 aromatic rings. The number of ether oxygens (including phenoxy) is 1. The van der Waals surface area contributed by atoms with E-state index in [0.29, 0.717) is 4.90 Å². The van der Waals surface area contributed by atoms with Gasteiger partial charge >= 0.3 is 0 Å². The van der Waals surface area contributed by atoms with Crippen LogP contribution in [-0.2, 0) is 9.84 Å². The lowest BCUT2D eigenvalue weighted by Gasteiger charge is -2.06. The van der Waals surface area contributed by atoms with Gasteiger partial charge in [-0.15, -0.1) is 0 Å². The average molecular weight is 443 g/mol. The highest BCUT2D eigenvalue weighted by Crippen LogP contribution is 2.18. The molecule has 0 bridgehead atoms. The van der Waals surface area contributed by atoms with Gasteiger partial charge in [-0.1, -0.05) is 95.2 Å². The summed E-state index contributed by atoms with van der Waals surface area (Å²) in [6.45, 7) is 5.12. The van der Waals surface area contributed by atoms with E-state index in [2.05, 4.69) is 13.8 Å². The summed E-state index contributed by atoms with van der Waals surface area (Å²) in [5.41, 5.74) is 2.07. The van der Waals surface area contributed by atoms with Crippen LogP contribution in [-0.4, -0.2) is 20.8 Å². The van der Waals surface area contributed by atoms with Crippen LogP contribution in [0, 0.1) is 0 Å². The average Bonchev–Trinajstić information content (AvgIpc) is 2.79. The highest BCUT2D eigenvalue weighted by atomic mass is 32.2. The fourth-order valence-electron chi connectivity index (χ4n) is 3.39. The standard InChI is InChI=1S/C27H38O3S/c1-3-5-7-9-10-22-30-26-18-14-24(15-19-26)12-13-25-16-20-27(21-17-25)31(28,29)23-11-8-6-4-2/h12-21H,3-11,22-23H2,1-2H3/b13-12+. The predicted molar refractivity (Wildman–Crippen MR) is 132 cm³/mol. The van der Waals surface area contributed by atoms with Gasteiger partial charge < -0.3 is 4.74 Å². The number of hydrogen-bond donors (Lipinski definition) is 0. The zero-order chi connectivity index (χ0) is 22.4. The van der Waals surface area contributed by atoms with Crippen LogP contribution in [0.2, 0.25) is 0 Å². The van der Waals surface area contributed by atoms with E-state index in [4.69, 9.17) is 4.74 Å². The number of rotatable bonds is 15. The molecule has 0 aromatic heterocycles. The van der Waals surface area contributed by atoms with Crippen LogP contribution in [0.4, 0.5) is 0 Å². The zero-order valence-corrected chi connectivity index (χ0v) is 20.0. The molecule has 0 fully saturated rings. The third-order valence-electron chi connectivity index (χ3n) is 5.37. The van der Waals surface area contributed by atoms with E-state index in [1.165, 1.54) is 25.7 Å². The normalized spacial score (nSPS) is 11.8. The molecule has 0 saturated heterocycles. The maximum atomic E-state index is 12.4. The smallest absolute Gasteiger partial charge is 0.178 e. The second-order valence-corrected chi connectivity index (χ2v) is 10.2. The van der Waals surface area contributed by atoms with Gasteiger partial charge in [0.05, 0.1) is 17.3 Å². The molecule has 170 valence electrons. The predicted octanol–water partition coefficient (Wildman–Crippen LogP) is 7.56. The van der Waals surface area contributed by atoms with Crippen LogP contribution in [0.25, 0.3) is 12.2 Å². The zero-order valence-electron chi connectivity index (χ0n) is 19.2. The van der Waals surface area contributed by atoms with Crippen molar-refractivity contribution in [2.24, 2.45) is 0 Å². The third-order valence-corrected chi connectivity index (χ3v) is 7.19. The van der Waals surface area contributed by atoms with Crippen molar-refractivity contribution >= 4 is 22.0 Å². The molecule has 0 aliphatic carbocycles. The quantitative estimate of drug-likeness (QED) is 0.211. The monoisotopic (exact) mass is 442 g/mol. The van der Waals surface area contributed by atoms with Crippen molar-refractivity contribution in [1.29, 1.82) is 0 Å². The minimum Gasteiger partial charge on any atom is -0.494 e. The Labute approximate surface area is 189 Å². The van der Waals surface area contributed by atoms with Gasteiger partial charge in [-0.05, 0) is 48.2 Å². The summed E-state index contributed by atoms with van der Waals surface area (Å²) in [5, 5.41) is 0. The van der Waals surface area contributed by atoms with E-state index < -0.39 is 9.84 Å². The Hall–Kier alpha value is -2.07. The van der Waals surface area contributed by atoms with E-state index in [1.54, 1.807) is 12.1 Å². The maximum Gasteiger partial charge on any atom is 0.178 e. The van der Waals surface area contributed by atoms with Crippen LogP contribution in [0.3, 0.4) is 0 Å². The first-order valence-electron chi connectivity index (χ1n) is 11.8. The van der Waals surface area contributed by atoms with E-state index >= 15 is 0 Å². The van der Waals surface area contributed by atoms with Crippen molar-refractivity contribution < 1.29 is 13.2 Å². The van der Waals surface area contributed by atoms with Crippen molar-refractivity contribution in [2.75, 3.05) is 12.4 Å². The third kappa shape index (κ3) is 9.73. The molecule has 0 radical (unpaired) electrons. The lowest BCUT2D eigenvalue weighted by Crippen LogP contribution is -2.06. The lowest BCUT2D eigenvalue weighted by atomic mass is 10.1. The molecular formula is C27H38O3S. The second kappa shape index (κ2) is 14.1. The van der Waals surface area contributed by atoms with Crippen LogP contribution in [0.15, 0.2) is 53.4 Å². The first-order chi connectivity index (χ1) is 15.0. The van der Waals surface area contributed by atoms with Crippen molar-refractivity contribution in [3.8, 4) is 5.75 Å². The summed E-state index contributed by atoms with van der Waals surface area (Å²) in [6.07, 6.45) is 14.1. The molecule has 3 nitrogen and oxygen atoms in total. The molecule has 2 aromatic carbocycles. The number of unbranched alkanes of at least 4 members (excludes halogenated alkanes) is 7. The van der Waals surface area contributed by atoms with Crippen LogP contribution in [0.5, 0.6) is 5.75 Å². The number of sulfone groups is 1. The van der Waals surface area contributed by atoms with Gasteiger partial charge in [0.15, 0.2) is 9.84 Å². The summed E-state index contributed by atoms with van der Waals surface area (Å²) in [5.74, 6) is 1.14. The topological polar surface area (TPSA) is 43.4 Å². The molecule has 0 unspecified atom stereocenters. The Morgan fingerprint density at radius 2 is 1.19 bits per heavy atom. The van der Waals surface area contributed by atoms with Gasteiger partial charge in [0.25, 0.3) is 0 Å². The Balaban J connectivity index is 1.82. The van der Waals surface area contributed by atoms with Crippen molar-refractivity contribution in [2.45, 2.75) is 76.5 Å². The van der Waals surface area contributed by atoms with E-state index in [1.807, 2.05) is 48.6 Å². The van der Waals surface area contributed by atoms with Gasteiger partial charge in [-0.2, -0.15) is 0 Å². The molecule has 0 N–H and O–H groups in total. The fraction of sp³-hybridized carbons (Fsp3) is 0.481. The van der Waals surface area contributed by atoms with Crippen molar-refractivity contribution in [3.05, 3.63) is 59.7 Å². The van der Waals surface area contributed by atoms with Crippen LogP contribution >= 0.6 is 0 Å². The summed E-state index contributed by atoms with van der Waals surface area (Å²) in [7, 11) is -3.18. The molecule has 0 spiro atoms. The molecule has 31 heavy (non-hydrogen) atoms. The molecule has 0 saturated carbocycles. The first kappa shape index (κ1) is 25.2. The van der Waals surface area contributed by atoms with E-state index in [-0.39, 0.29) is 5.75 Å². The van der Waals surface area contributed by atoms with E-state index in [0.717, 1.165) is 55.6 Å².